The fourth-order valence-electron chi connectivity index (χ4n) is 0.630. The Bertz CT molecular complexity index is 97.0. The zero-order valence-electron chi connectivity index (χ0n) is 6.46. The topological polar surface area (TPSA) is 46.5 Å². The van der Waals surface area contributed by atoms with E-state index < -0.39 is 0 Å². The van der Waals surface area contributed by atoms with Gasteiger partial charge in [-0.2, -0.15) is 0 Å². The molecule has 10 heavy (non-hydrogen) atoms. The van der Waals surface area contributed by atoms with Gasteiger partial charge in [0.15, 0.2) is 0 Å². The highest BCUT2D eigenvalue weighted by Gasteiger charge is 2.15. The van der Waals surface area contributed by atoms with E-state index >= 15 is 0 Å². The van der Waals surface area contributed by atoms with Crippen LogP contribution in [0.3, 0.4) is 0 Å². The number of hydrogen-bond donors (Lipinski definition) is 1. The molecule has 0 heterocycles. The molecule has 0 aromatic carbocycles. The van der Waals surface area contributed by atoms with Crippen molar-refractivity contribution < 1.29 is 14.6 Å². The zero-order chi connectivity index (χ0) is 7.98. The molecule has 0 fully saturated rings. The quantitative estimate of drug-likeness (QED) is 0.590. The molecule has 0 amide bonds. The molecule has 0 aliphatic rings. The van der Waals surface area contributed by atoms with Crippen LogP contribution in [-0.4, -0.2) is 24.3 Å². The molecular weight excluding hydrogens is 132 g/mol. The molecule has 0 rings (SSSR count). The Kier molecular flexibility index (Phi) is 4.94. The zero-order valence-corrected chi connectivity index (χ0v) is 6.46. The molecule has 0 radical (unpaired) electrons. The molecule has 0 saturated heterocycles. The maximum atomic E-state index is 10.8. The van der Waals surface area contributed by atoms with Crippen molar-refractivity contribution in [2.75, 3.05) is 13.2 Å². The average molecular weight is 146 g/mol. The second kappa shape index (κ2) is 5.23. The molecule has 0 unspecified atom stereocenters. The molecule has 3 nitrogen and oxygen atoms in total. The number of carbonyl (C=O) groups is 1. The standard InChI is InChI=1S/C7H14O3/c1-3-6(5-8)7(9)10-4-2/h6,8H,3-5H2,1-2H3/t6-/m1/s1. The average Bonchev–Trinajstić information content (AvgIpc) is 1.91. The van der Waals surface area contributed by atoms with Gasteiger partial charge in [0.25, 0.3) is 0 Å². The van der Waals surface area contributed by atoms with Crippen LogP contribution in [0.2, 0.25) is 0 Å². The van der Waals surface area contributed by atoms with Gasteiger partial charge in [-0.05, 0) is 13.3 Å². The van der Waals surface area contributed by atoms with E-state index in [0.717, 1.165) is 0 Å². The summed E-state index contributed by atoms with van der Waals surface area (Å²) in [7, 11) is 0. The van der Waals surface area contributed by atoms with E-state index in [4.69, 9.17) is 5.11 Å². The minimum atomic E-state index is -0.333. The Labute approximate surface area is 61.0 Å². The maximum Gasteiger partial charge on any atom is 0.311 e. The van der Waals surface area contributed by atoms with E-state index in [-0.39, 0.29) is 18.5 Å². The molecule has 3 heteroatoms. The summed E-state index contributed by atoms with van der Waals surface area (Å²) in [5.74, 6) is -0.632. The lowest BCUT2D eigenvalue weighted by Gasteiger charge is -2.08. The number of hydrogen-bond acceptors (Lipinski definition) is 3. The Morgan fingerprint density at radius 1 is 1.60 bits per heavy atom. The van der Waals surface area contributed by atoms with Gasteiger partial charge in [0.1, 0.15) is 0 Å². The maximum absolute atomic E-state index is 10.8. The van der Waals surface area contributed by atoms with Crippen LogP contribution in [0.15, 0.2) is 0 Å². The molecule has 0 aromatic heterocycles. The molecule has 1 atom stereocenters. The third-order valence-electron chi connectivity index (χ3n) is 1.33. The Morgan fingerprint density at radius 2 is 2.20 bits per heavy atom. The van der Waals surface area contributed by atoms with Gasteiger partial charge in [0, 0.05) is 0 Å². The largest absolute Gasteiger partial charge is 0.466 e. The van der Waals surface area contributed by atoms with Crippen LogP contribution in [0.4, 0.5) is 0 Å². The lowest BCUT2D eigenvalue weighted by molar-refractivity contribution is -0.149. The predicted molar refractivity (Wildman–Crippen MR) is 37.5 cm³/mol. The fourth-order valence-corrected chi connectivity index (χ4v) is 0.630. The van der Waals surface area contributed by atoms with Crippen LogP contribution in [0.1, 0.15) is 20.3 Å². The Morgan fingerprint density at radius 3 is 2.50 bits per heavy atom. The van der Waals surface area contributed by atoms with E-state index in [1.54, 1.807) is 6.92 Å². The number of ether oxygens (including phenoxy) is 1. The lowest BCUT2D eigenvalue weighted by Crippen LogP contribution is -2.20. The van der Waals surface area contributed by atoms with E-state index in [1.165, 1.54) is 0 Å². The van der Waals surface area contributed by atoms with E-state index in [0.29, 0.717) is 13.0 Å². The SMILES string of the molecule is CCOC(=O)[C@H](CC)CO. The molecule has 0 saturated carbocycles. The molecule has 0 aromatic rings. The van der Waals surface area contributed by atoms with Crippen molar-refractivity contribution in [2.24, 2.45) is 5.92 Å². The van der Waals surface area contributed by atoms with Crippen LogP contribution in [-0.2, 0) is 9.53 Å². The molecule has 1 N–H and O–H groups in total. The molecule has 0 bridgehead atoms. The minimum Gasteiger partial charge on any atom is -0.466 e. The number of aliphatic hydroxyl groups is 1. The molecule has 0 aliphatic heterocycles. The number of rotatable bonds is 4. The number of carbonyl (C=O) groups excluding carboxylic acids is 1. The van der Waals surface area contributed by atoms with Gasteiger partial charge in [0.05, 0.1) is 19.1 Å². The van der Waals surface area contributed by atoms with E-state index in [9.17, 15) is 4.79 Å². The van der Waals surface area contributed by atoms with Crippen molar-refractivity contribution in [1.82, 2.24) is 0 Å². The summed E-state index contributed by atoms with van der Waals surface area (Å²) >= 11 is 0. The van der Waals surface area contributed by atoms with Gasteiger partial charge in [0.2, 0.25) is 0 Å². The van der Waals surface area contributed by atoms with Crippen LogP contribution >= 0.6 is 0 Å². The van der Waals surface area contributed by atoms with E-state index in [2.05, 4.69) is 4.74 Å². The molecule has 0 spiro atoms. The van der Waals surface area contributed by atoms with Crippen molar-refractivity contribution >= 4 is 5.97 Å². The van der Waals surface area contributed by atoms with Gasteiger partial charge in [-0.1, -0.05) is 6.92 Å². The third-order valence-corrected chi connectivity index (χ3v) is 1.33. The Hall–Kier alpha value is -0.570. The van der Waals surface area contributed by atoms with Gasteiger partial charge in [-0.15, -0.1) is 0 Å². The highest BCUT2D eigenvalue weighted by atomic mass is 16.5. The highest BCUT2D eigenvalue weighted by molar-refractivity contribution is 5.72. The summed E-state index contributed by atoms with van der Waals surface area (Å²) in [6.07, 6.45) is 0.634. The summed E-state index contributed by atoms with van der Waals surface area (Å²) in [4.78, 5) is 10.8. The summed E-state index contributed by atoms with van der Waals surface area (Å²) in [5, 5.41) is 8.62. The fraction of sp³-hybridized carbons (Fsp3) is 0.857. The third kappa shape index (κ3) is 2.82. The lowest BCUT2D eigenvalue weighted by atomic mass is 10.1. The van der Waals surface area contributed by atoms with Crippen LogP contribution in [0.25, 0.3) is 0 Å². The molecular formula is C7H14O3. The van der Waals surface area contributed by atoms with E-state index in [1.807, 2.05) is 6.92 Å². The summed E-state index contributed by atoms with van der Waals surface area (Å²) in [6.45, 7) is 3.87. The first kappa shape index (κ1) is 9.43. The first-order valence-electron chi connectivity index (χ1n) is 3.53. The number of esters is 1. The van der Waals surface area contributed by atoms with Crippen molar-refractivity contribution in [1.29, 1.82) is 0 Å². The van der Waals surface area contributed by atoms with Gasteiger partial charge < -0.3 is 9.84 Å². The van der Waals surface area contributed by atoms with Crippen molar-refractivity contribution in [3.8, 4) is 0 Å². The van der Waals surface area contributed by atoms with Crippen LogP contribution < -0.4 is 0 Å². The van der Waals surface area contributed by atoms with Gasteiger partial charge in [-0.3, -0.25) is 4.79 Å². The smallest absolute Gasteiger partial charge is 0.311 e. The summed E-state index contributed by atoms with van der Waals surface area (Å²) < 4.78 is 4.69. The molecule has 0 aliphatic carbocycles. The normalized spacial score (nSPS) is 12.7. The van der Waals surface area contributed by atoms with Crippen molar-refractivity contribution in [2.45, 2.75) is 20.3 Å². The summed E-state index contributed by atoms with van der Waals surface area (Å²) in [6, 6.07) is 0. The van der Waals surface area contributed by atoms with Crippen molar-refractivity contribution in [3.05, 3.63) is 0 Å². The van der Waals surface area contributed by atoms with Gasteiger partial charge in [-0.25, -0.2) is 0 Å². The first-order chi connectivity index (χ1) is 4.76. The second-order valence-corrected chi connectivity index (χ2v) is 2.04. The first-order valence-corrected chi connectivity index (χ1v) is 3.53. The second-order valence-electron chi connectivity index (χ2n) is 2.04. The summed E-state index contributed by atoms with van der Waals surface area (Å²) in [5.41, 5.74) is 0. The Balaban J connectivity index is 3.65. The highest BCUT2D eigenvalue weighted by Crippen LogP contribution is 2.02. The number of aliphatic hydroxyl groups excluding tert-OH is 1. The van der Waals surface area contributed by atoms with Gasteiger partial charge >= 0.3 is 5.97 Å². The monoisotopic (exact) mass is 146 g/mol. The minimum absolute atomic E-state index is 0.116. The van der Waals surface area contributed by atoms with Crippen molar-refractivity contribution in [3.63, 3.8) is 0 Å². The van der Waals surface area contributed by atoms with Crippen LogP contribution in [0.5, 0.6) is 0 Å². The predicted octanol–water partition coefficient (Wildman–Crippen LogP) is 0.568. The van der Waals surface area contributed by atoms with Crippen LogP contribution in [0, 0.1) is 5.92 Å². The molecule has 60 valence electrons.